The number of hydrogen-bond acceptors (Lipinski definition) is 3. The van der Waals surface area contributed by atoms with Crippen LogP contribution < -0.4 is 5.43 Å². The Balaban J connectivity index is 2.24. The number of aromatic hydroxyl groups is 1. The molecule has 114 valence electrons. The summed E-state index contributed by atoms with van der Waals surface area (Å²) in [4.78, 5) is 12.0. The summed E-state index contributed by atoms with van der Waals surface area (Å²) in [6.45, 7) is 1.41. The SMILES string of the molecule is C/C(=N\NC(=O)c1ccccc1Br)c1cc(F)cc(F)c1O. The predicted molar refractivity (Wildman–Crippen MR) is 81.8 cm³/mol. The summed E-state index contributed by atoms with van der Waals surface area (Å²) in [5.74, 6) is -3.17. The van der Waals surface area contributed by atoms with Gasteiger partial charge >= 0.3 is 0 Å². The number of nitrogens with one attached hydrogen (secondary N) is 1. The van der Waals surface area contributed by atoms with Crippen LogP contribution in [0.5, 0.6) is 5.75 Å². The number of hydrazone groups is 1. The van der Waals surface area contributed by atoms with Gasteiger partial charge in [-0.1, -0.05) is 12.1 Å². The summed E-state index contributed by atoms with van der Waals surface area (Å²) >= 11 is 3.23. The first-order valence-corrected chi connectivity index (χ1v) is 6.97. The Morgan fingerprint density at radius 3 is 2.59 bits per heavy atom. The average Bonchev–Trinajstić information content (AvgIpc) is 2.48. The Hall–Kier alpha value is -2.28. The van der Waals surface area contributed by atoms with Gasteiger partial charge in [-0.2, -0.15) is 5.10 Å². The van der Waals surface area contributed by atoms with E-state index < -0.39 is 23.3 Å². The van der Waals surface area contributed by atoms with E-state index in [4.69, 9.17) is 0 Å². The molecule has 0 saturated carbocycles. The van der Waals surface area contributed by atoms with E-state index in [1.54, 1.807) is 24.3 Å². The lowest BCUT2D eigenvalue weighted by atomic mass is 10.1. The van der Waals surface area contributed by atoms with Crippen LogP contribution in [0.1, 0.15) is 22.8 Å². The molecule has 2 N–H and O–H groups in total. The number of carbonyl (C=O) groups is 1. The minimum Gasteiger partial charge on any atom is -0.504 e. The molecule has 0 unspecified atom stereocenters. The summed E-state index contributed by atoms with van der Waals surface area (Å²) in [6, 6.07) is 8.21. The number of hydrogen-bond donors (Lipinski definition) is 2. The lowest BCUT2D eigenvalue weighted by Gasteiger charge is -2.07. The normalized spacial score (nSPS) is 11.4. The van der Waals surface area contributed by atoms with E-state index in [1.807, 2.05) is 0 Å². The molecule has 0 aliphatic carbocycles. The molecule has 4 nitrogen and oxygen atoms in total. The van der Waals surface area contributed by atoms with Gasteiger partial charge in [-0.25, -0.2) is 14.2 Å². The third-order valence-electron chi connectivity index (χ3n) is 2.86. The lowest BCUT2D eigenvalue weighted by Crippen LogP contribution is -2.19. The van der Waals surface area contributed by atoms with E-state index in [9.17, 15) is 18.7 Å². The van der Waals surface area contributed by atoms with Gasteiger partial charge in [-0.15, -0.1) is 0 Å². The number of carbonyl (C=O) groups excluding carboxylic acids is 1. The van der Waals surface area contributed by atoms with Crippen LogP contribution in [-0.4, -0.2) is 16.7 Å². The Labute approximate surface area is 133 Å². The Kier molecular flexibility index (Phi) is 4.87. The Morgan fingerprint density at radius 2 is 1.91 bits per heavy atom. The fourth-order valence-electron chi connectivity index (χ4n) is 1.74. The van der Waals surface area contributed by atoms with Crippen LogP contribution in [0.15, 0.2) is 46.0 Å². The van der Waals surface area contributed by atoms with Crippen molar-refractivity contribution in [1.29, 1.82) is 0 Å². The molecular formula is C15H11BrF2N2O2. The topological polar surface area (TPSA) is 61.7 Å². The monoisotopic (exact) mass is 368 g/mol. The fourth-order valence-corrected chi connectivity index (χ4v) is 2.21. The molecule has 0 fully saturated rings. The van der Waals surface area contributed by atoms with E-state index in [2.05, 4.69) is 26.5 Å². The molecule has 0 bridgehead atoms. The minimum atomic E-state index is -1.10. The van der Waals surface area contributed by atoms with Crippen LogP contribution in [0.3, 0.4) is 0 Å². The molecule has 1 amide bonds. The quantitative estimate of drug-likeness (QED) is 0.642. The van der Waals surface area contributed by atoms with Crippen molar-refractivity contribution in [3.63, 3.8) is 0 Å². The molecule has 0 saturated heterocycles. The molecule has 0 spiro atoms. The molecular weight excluding hydrogens is 358 g/mol. The number of amides is 1. The van der Waals surface area contributed by atoms with Crippen molar-refractivity contribution in [1.82, 2.24) is 5.43 Å². The first kappa shape index (κ1) is 16.1. The summed E-state index contributed by atoms with van der Waals surface area (Å²) < 4.78 is 27.0. The zero-order chi connectivity index (χ0) is 16.3. The molecule has 22 heavy (non-hydrogen) atoms. The molecule has 2 aromatic carbocycles. The highest BCUT2D eigenvalue weighted by Gasteiger charge is 2.13. The number of nitrogens with zero attached hydrogens (tertiary/aromatic N) is 1. The summed E-state index contributed by atoms with van der Waals surface area (Å²) in [7, 11) is 0. The van der Waals surface area contributed by atoms with Gasteiger partial charge < -0.3 is 5.11 Å². The van der Waals surface area contributed by atoms with Crippen LogP contribution in [0.25, 0.3) is 0 Å². The second-order valence-electron chi connectivity index (χ2n) is 4.40. The minimum absolute atomic E-state index is 0.0660. The Bertz CT molecular complexity index is 763. The molecule has 0 radical (unpaired) electrons. The van der Waals surface area contributed by atoms with Gasteiger partial charge in [0.05, 0.1) is 11.3 Å². The molecule has 0 aliphatic rings. The predicted octanol–water partition coefficient (Wildman–Crippen LogP) is 3.59. The van der Waals surface area contributed by atoms with Crippen LogP contribution in [0, 0.1) is 11.6 Å². The van der Waals surface area contributed by atoms with Crippen molar-refractivity contribution in [3.05, 3.63) is 63.6 Å². The van der Waals surface area contributed by atoms with Crippen molar-refractivity contribution in [2.24, 2.45) is 5.10 Å². The first-order chi connectivity index (χ1) is 10.4. The first-order valence-electron chi connectivity index (χ1n) is 6.17. The van der Waals surface area contributed by atoms with Crippen LogP contribution in [0.4, 0.5) is 8.78 Å². The van der Waals surface area contributed by atoms with Crippen molar-refractivity contribution in [2.45, 2.75) is 6.92 Å². The molecule has 2 rings (SSSR count). The van der Waals surface area contributed by atoms with Gasteiger partial charge in [0.2, 0.25) is 0 Å². The van der Waals surface area contributed by atoms with Crippen LogP contribution >= 0.6 is 15.9 Å². The highest BCUT2D eigenvalue weighted by Crippen LogP contribution is 2.23. The van der Waals surface area contributed by atoms with Crippen molar-refractivity contribution < 1.29 is 18.7 Å². The van der Waals surface area contributed by atoms with Gasteiger partial charge in [-0.3, -0.25) is 4.79 Å². The maximum atomic E-state index is 13.3. The number of rotatable bonds is 3. The van der Waals surface area contributed by atoms with Gasteiger partial charge in [-0.05, 0) is 41.1 Å². The zero-order valence-corrected chi connectivity index (χ0v) is 13.0. The second kappa shape index (κ2) is 6.65. The Morgan fingerprint density at radius 1 is 1.23 bits per heavy atom. The zero-order valence-electron chi connectivity index (χ0n) is 11.4. The highest BCUT2D eigenvalue weighted by molar-refractivity contribution is 9.10. The molecule has 2 aromatic rings. The number of phenolic OH excluding ortho intramolecular Hbond substituents is 1. The van der Waals surface area contributed by atoms with Crippen molar-refractivity contribution in [3.8, 4) is 5.75 Å². The van der Waals surface area contributed by atoms with Crippen molar-refractivity contribution in [2.75, 3.05) is 0 Å². The third-order valence-corrected chi connectivity index (χ3v) is 3.55. The van der Waals surface area contributed by atoms with E-state index in [-0.39, 0.29) is 11.3 Å². The molecule has 7 heteroatoms. The largest absolute Gasteiger partial charge is 0.504 e. The van der Waals surface area contributed by atoms with Crippen molar-refractivity contribution >= 4 is 27.5 Å². The molecule has 0 heterocycles. The van der Waals surface area contributed by atoms with E-state index in [0.29, 0.717) is 16.1 Å². The van der Waals surface area contributed by atoms with E-state index >= 15 is 0 Å². The maximum Gasteiger partial charge on any atom is 0.272 e. The molecule has 0 aromatic heterocycles. The summed E-state index contributed by atoms with van der Waals surface area (Å²) in [5, 5.41) is 13.3. The number of phenols is 1. The maximum absolute atomic E-state index is 13.3. The van der Waals surface area contributed by atoms with Gasteiger partial charge in [0.25, 0.3) is 5.91 Å². The van der Waals surface area contributed by atoms with Crippen LogP contribution in [0.2, 0.25) is 0 Å². The highest BCUT2D eigenvalue weighted by atomic mass is 79.9. The number of benzene rings is 2. The smallest absolute Gasteiger partial charge is 0.272 e. The molecule has 0 atom stereocenters. The standard InChI is InChI=1S/C15H11BrF2N2O2/c1-8(11-6-9(17)7-13(18)14(11)21)19-20-15(22)10-4-2-3-5-12(10)16/h2-7,21H,1H3,(H,20,22)/b19-8+. The van der Waals surface area contributed by atoms with Gasteiger partial charge in [0.1, 0.15) is 5.82 Å². The summed E-state index contributed by atoms with van der Waals surface area (Å²) in [5.41, 5.74) is 2.55. The van der Waals surface area contributed by atoms with Gasteiger partial charge in [0.15, 0.2) is 11.6 Å². The average molecular weight is 369 g/mol. The third kappa shape index (κ3) is 3.48. The van der Waals surface area contributed by atoms with E-state index in [0.717, 1.165) is 6.07 Å². The second-order valence-corrected chi connectivity index (χ2v) is 5.26. The fraction of sp³-hybridized carbons (Fsp3) is 0.0667. The van der Waals surface area contributed by atoms with Crippen LogP contribution in [-0.2, 0) is 0 Å². The lowest BCUT2D eigenvalue weighted by molar-refractivity contribution is 0.0954. The molecule has 0 aliphatic heterocycles. The number of halogens is 3. The summed E-state index contributed by atoms with van der Waals surface area (Å²) in [6.07, 6.45) is 0. The van der Waals surface area contributed by atoms with Gasteiger partial charge in [0, 0.05) is 16.1 Å². The van der Waals surface area contributed by atoms with E-state index in [1.165, 1.54) is 6.92 Å².